The molecule has 0 saturated carbocycles. The molecule has 0 rings (SSSR count). The van der Waals surface area contributed by atoms with Crippen molar-refractivity contribution in [1.29, 1.82) is 0 Å². The Bertz CT molecular complexity index is 22.4. The Labute approximate surface area is 43.3 Å². The Morgan fingerprint density at radius 1 is 1.20 bits per heavy atom. The zero-order valence-electron chi connectivity index (χ0n) is 2.34. The number of rotatable bonds is 0. The van der Waals surface area contributed by atoms with Crippen LogP contribution in [0.2, 0.25) is 0 Å². The summed E-state index contributed by atoms with van der Waals surface area (Å²) in [6.07, 6.45) is 0. The standard InChI is InChI=1S/CF3.Hg/c2-1(3)4;. The number of hydrogen-bond acceptors (Lipinski definition) is 0. The molecule has 0 aliphatic rings. The van der Waals surface area contributed by atoms with E-state index in [0.717, 1.165) is 0 Å². The van der Waals surface area contributed by atoms with Gasteiger partial charge in [0.2, 0.25) is 0 Å². The molecule has 0 fully saturated rings. The van der Waals surface area contributed by atoms with E-state index in [1.165, 1.54) is 0 Å². The molecular weight excluding hydrogens is 270 g/mol. The fourth-order valence-electron chi connectivity index (χ4n) is 0. The van der Waals surface area contributed by atoms with E-state index in [0.29, 0.717) is 0 Å². The molecule has 0 nitrogen and oxygen atoms in total. The van der Waals surface area contributed by atoms with E-state index in [2.05, 4.69) is 0 Å². The van der Waals surface area contributed by atoms with E-state index in [4.69, 9.17) is 0 Å². The van der Waals surface area contributed by atoms with Crippen molar-refractivity contribution in [3.8, 4) is 0 Å². The Kier molecular flexibility index (Phi) is 1.66. The second kappa shape index (κ2) is 1.45. The maximum absolute atomic E-state index is 10.4. The van der Waals surface area contributed by atoms with Gasteiger partial charge in [0.15, 0.2) is 0 Å². The maximum atomic E-state index is 10.4. The molecule has 0 atom stereocenters. The average molecular weight is 270 g/mol. The molecule has 4 heteroatoms. The van der Waals surface area contributed by atoms with Crippen LogP contribution in [0.3, 0.4) is 0 Å². The van der Waals surface area contributed by atoms with Gasteiger partial charge in [0.1, 0.15) is 0 Å². The van der Waals surface area contributed by atoms with Crippen molar-refractivity contribution in [3.63, 3.8) is 0 Å². The van der Waals surface area contributed by atoms with Crippen molar-refractivity contribution >= 4 is 0 Å². The first-order valence-electron chi connectivity index (χ1n) is 0.921. The van der Waals surface area contributed by atoms with Gasteiger partial charge in [0, 0.05) is 0 Å². The van der Waals surface area contributed by atoms with Crippen molar-refractivity contribution in [2.75, 3.05) is 0 Å². The van der Waals surface area contributed by atoms with Gasteiger partial charge in [-0.1, -0.05) is 0 Å². The zero-order chi connectivity index (χ0) is 4.50. The van der Waals surface area contributed by atoms with E-state index in [9.17, 15) is 13.2 Å². The molecule has 0 heterocycles. The first-order chi connectivity index (χ1) is 2.00. The van der Waals surface area contributed by atoms with Crippen LogP contribution in [0.15, 0.2) is 0 Å². The number of alkyl halides is 3. The van der Waals surface area contributed by atoms with Crippen LogP contribution in [-0.2, 0) is 26.1 Å². The van der Waals surface area contributed by atoms with Gasteiger partial charge in [0.25, 0.3) is 0 Å². The normalized spacial score (nSPS) is 12.2. The van der Waals surface area contributed by atoms with Gasteiger partial charge in [-0.25, -0.2) is 0 Å². The third kappa shape index (κ3) is 66.7. The first kappa shape index (κ1) is 5.73. The predicted octanol–water partition coefficient (Wildman–Crippen LogP) is 1.05. The van der Waals surface area contributed by atoms with E-state index < -0.39 is 29.8 Å². The average Bonchev–Trinajstić information content (AvgIpc) is 0.722. The Morgan fingerprint density at radius 3 is 1.20 bits per heavy atom. The first-order valence-corrected chi connectivity index (χ1v) is 3.67. The number of hydrogen-bond donors (Lipinski definition) is 0. The fraction of sp³-hybridized carbons (Fsp3) is 1.00. The van der Waals surface area contributed by atoms with Crippen molar-refractivity contribution in [3.05, 3.63) is 0 Å². The summed E-state index contributed by atoms with van der Waals surface area (Å²) in [6, 6.07) is 0. The summed E-state index contributed by atoms with van der Waals surface area (Å²) in [4.78, 5) is 0. The summed E-state index contributed by atoms with van der Waals surface area (Å²) in [5.41, 5.74) is 0. The summed E-state index contributed by atoms with van der Waals surface area (Å²) >= 11 is -1.04. The third-order valence-corrected chi connectivity index (χ3v) is 0. The molecule has 0 aliphatic heterocycles. The SMILES string of the molecule is F[C](F)(F)[Hg]. The molecule has 0 aromatic heterocycles. The molecule has 0 aliphatic carbocycles. The quantitative estimate of drug-likeness (QED) is 0.577. The van der Waals surface area contributed by atoms with Crippen LogP contribution >= 0.6 is 0 Å². The van der Waals surface area contributed by atoms with Gasteiger partial charge in [-0.15, -0.1) is 0 Å². The molecule has 0 unspecified atom stereocenters. The van der Waals surface area contributed by atoms with Gasteiger partial charge in [-0.05, 0) is 0 Å². The zero-order valence-corrected chi connectivity index (χ0v) is 7.84. The van der Waals surface area contributed by atoms with Gasteiger partial charge in [-0.3, -0.25) is 0 Å². The van der Waals surface area contributed by atoms with E-state index in [1.54, 1.807) is 0 Å². The van der Waals surface area contributed by atoms with Crippen LogP contribution in [0.5, 0.6) is 0 Å². The van der Waals surface area contributed by atoms with Gasteiger partial charge in [0.05, 0.1) is 0 Å². The minimum absolute atomic E-state index is 1.04. The van der Waals surface area contributed by atoms with Crippen LogP contribution in [0.25, 0.3) is 0 Å². The molecule has 5 heavy (non-hydrogen) atoms. The van der Waals surface area contributed by atoms with Crippen LogP contribution in [0.4, 0.5) is 13.2 Å². The molecule has 0 amide bonds. The molecule has 0 spiro atoms. The van der Waals surface area contributed by atoms with Crippen LogP contribution in [0, 0.1) is 0 Å². The molecule has 0 saturated heterocycles. The van der Waals surface area contributed by atoms with E-state index in [1.807, 2.05) is 0 Å². The molecule has 0 N–H and O–H groups in total. The third-order valence-electron chi connectivity index (χ3n) is 0. The van der Waals surface area contributed by atoms with Crippen molar-refractivity contribution in [2.24, 2.45) is 0 Å². The molecule has 27 valence electrons. The fourth-order valence-corrected chi connectivity index (χ4v) is 0. The summed E-state index contributed by atoms with van der Waals surface area (Å²) < 4.78 is 27.5. The summed E-state index contributed by atoms with van der Waals surface area (Å²) in [5.74, 6) is 0. The topological polar surface area (TPSA) is 0 Å². The summed E-state index contributed by atoms with van der Waals surface area (Å²) in [6.45, 7) is 0. The molecule has 0 aromatic carbocycles. The summed E-state index contributed by atoms with van der Waals surface area (Å²) in [5, 5.41) is 0. The number of halogens is 3. The predicted molar refractivity (Wildman–Crippen MR) is 6.05 cm³/mol. The van der Waals surface area contributed by atoms with E-state index >= 15 is 0 Å². The van der Waals surface area contributed by atoms with Gasteiger partial charge in [-0.2, -0.15) is 0 Å². The second-order valence-corrected chi connectivity index (χ2v) is 3.73. The Balaban J connectivity index is 3.02. The minimum atomic E-state index is -3.81. The van der Waals surface area contributed by atoms with E-state index in [-0.39, 0.29) is 0 Å². The van der Waals surface area contributed by atoms with Crippen molar-refractivity contribution in [2.45, 2.75) is 3.69 Å². The Morgan fingerprint density at radius 2 is 1.20 bits per heavy atom. The van der Waals surface area contributed by atoms with Crippen LogP contribution in [0.1, 0.15) is 0 Å². The van der Waals surface area contributed by atoms with Crippen molar-refractivity contribution < 1.29 is 39.3 Å². The van der Waals surface area contributed by atoms with Gasteiger partial charge >= 0.3 is 43.0 Å². The molecule has 0 bridgehead atoms. The summed E-state index contributed by atoms with van der Waals surface area (Å²) in [7, 11) is 0. The van der Waals surface area contributed by atoms with Crippen LogP contribution in [-0.4, -0.2) is 3.69 Å². The van der Waals surface area contributed by atoms with Crippen molar-refractivity contribution in [1.82, 2.24) is 0 Å². The van der Waals surface area contributed by atoms with Gasteiger partial charge < -0.3 is 0 Å². The second-order valence-electron chi connectivity index (χ2n) is 0.615. The molecule has 0 radical (unpaired) electrons. The monoisotopic (exact) mass is 271 g/mol. The molecule has 0 aromatic rings. The molecular formula is CF3Hg. The van der Waals surface area contributed by atoms with Crippen LogP contribution < -0.4 is 0 Å². The Hall–Kier alpha value is 0.725.